The lowest BCUT2D eigenvalue weighted by Gasteiger charge is -2.47. The molecule has 3 heterocycles. The van der Waals surface area contributed by atoms with Crippen molar-refractivity contribution in [3.63, 3.8) is 0 Å². The molecule has 0 radical (unpaired) electrons. The van der Waals surface area contributed by atoms with Gasteiger partial charge in [0.15, 0.2) is 0 Å². The fourth-order valence-corrected chi connectivity index (χ4v) is 3.84. The van der Waals surface area contributed by atoms with Gasteiger partial charge in [-0.05, 0) is 23.6 Å². The molecule has 3 aliphatic rings. The number of rotatable bonds is 2. The van der Waals surface area contributed by atoms with Crippen molar-refractivity contribution >= 4 is 23.1 Å². The summed E-state index contributed by atoms with van der Waals surface area (Å²) in [7, 11) is 0. The maximum absolute atomic E-state index is 13.3. The van der Waals surface area contributed by atoms with Gasteiger partial charge in [0.2, 0.25) is 5.91 Å². The quantitative estimate of drug-likeness (QED) is 0.872. The second kappa shape index (κ2) is 5.98. The van der Waals surface area contributed by atoms with E-state index >= 15 is 0 Å². The van der Waals surface area contributed by atoms with Crippen LogP contribution in [0.1, 0.15) is 40.2 Å². The van der Waals surface area contributed by atoms with Crippen LogP contribution in [0.3, 0.4) is 0 Å². The molecule has 1 fully saturated rings. The molecule has 0 aliphatic carbocycles. The van der Waals surface area contributed by atoms with E-state index in [4.69, 9.17) is 0 Å². The van der Waals surface area contributed by atoms with Crippen molar-refractivity contribution < 1.29 is 4.79 Å². The highest BCUT2D eigenvalue weighted by Crippen LogP contribution is 2.37. The van der Waals surface area contributed by atoms with Gasteiger partial charge in [-0.15, -0.1) is 0 Å². The topological polar surface area (TPSA) is 47.9 Å². The molecule has 1 saturated heterocycles. The van der Waals surface area contributed by atoms with E-state index in [1.54, 1.807) is 0 Å². The number of benzene rings is 1. The number of carbonyl (C=O) groups is 1. The van der Waals surface area contributed by atoms with Crippen molar-refractivity contribution in [2.24, 2.45) is 15.8 Å². The van der Waals surface area contributed by atoms with Crippen LogP contribution in [0.25, 0.3) is 5.70 Å². The number of nitrogens with zero attached hydrogens (tertiary/aromatic N) is 3. The molecule has 5 heteroatoms. The molecule has 0 unspecified atom stereocenters. The smallest absolute Gasteiger partial charge is 0.237 e. The summed E-state index contributed by atoms with van der Waals surface area (Å²) in [5.74, 6) is 0.851. The van der Waals surface area contributed by atoms with Gasteiger partial charge in [-0.3, -0.25) is 9.69 Å². The van der Waals surface area contributed by atoms with Gasteiger partial charge in [0.25, 0.3) is 0 Å². The molecule has 0 bridgehead atoms. The Morgan fingerprint density at radius 3 is 2.59 bits per heavy atom. The number of hydrogen-bond acceptors (Lipinski definition) is 4. The Morgan fingerprint density at radius 2 is 1.93 bits per heavy atom. The van der Waals surface area contributed by atoms with Crippen molar-refractivity contribution in [2.45, 2.75) is 34.6 Å². The van der Waals surface area contributed by atoms with Crippen LogP contribution < -0.4 is 10.2 Å². The first kappa shape index (κ1) is 17.8. The second-order valence-corrected chi connectivity index (χ2v) is 9.42. The van der Waals surface area contributed by atoms with Gasteiger partial charge in [0, 0.05) is 36.3 Å². The first-order chi connectivity index (χ1) is 12.7. The molecule has 27 heavy (non-hydrogen) atoms. The van der Waals surface area contributed by atoms with Crippen LogP contribution in [0.15, 0.2) is 47.2 Å². The van der Waals surface area contributed by atoms with Crippen molar-refractivity contribution in [2.75, 3.05) is 24.5 Å². The molecule has 3 aliphatic heterocycles. The molecule has 1 amide bonds. The van der Waals surface area contributed by atoms with Crippen molar-refractivity contribution in [1.82, 2.24) is 10.2 Å². The summed E-state index contributed by atoms with van der Waals surface area (Å²) in [5, 5.41) is 3.23. The Bertz CT molecular complexity index is 878. The van der Waals surface area contributed by atoms with Crippen LogP contribution >= 0.6 is 0 Å². The van der Waals surface area contributed by atoms with Crippen LogP contribution in [-0.2, 0) is 4.79 Å². The number of amidine groups is 1. The number of hydrogen-bond donors (Lipinski definition) is 1. The third kappa shape index (κ3) is 3.15. The Kier molecular flexibility index (Phi) is 3.95. The van der Waals surface area contributed by atoms with E-state index in [-0.39, 0.29) is 5.91 Å². The predicted octanol–water partition coefficient (Wildman–Crippen LogP) is 3.61. The normalized spacial score (nSPS) is 20.9. The van der Waals surface area contributed by atoms with Crippen LogP contribution in [0.2, 0.25) is 0 Å². The average Bonchev–Trinajstić information content (AvgIpc) is 3.06. The van der Waals surface area contributed by atoms with E-state index in [9.17, 15) is 4.79 Å². The zero-order valence-corrected chi connectivity index (χ0v) is 16.8. The number of fused-ring (bicyclic) bond motifs is 1. The molecular formula is C22H28N4O. The van der Waals surface area contributed by atoms with Gasteiger partial charge < -0.3 is 10.2 Å². The molecule has 0 atom stereocenters. The standard InChI is InChI=1S/C22H28N4O/c1-21(2,3)20(27)26-17-9-10-23-19(17)24-12-18(26)15-7-6-8-16(11-15)25-13-22(4,5)14-25/h6-9,11-12H,10,13-14H2,1-5H3,(H,23,24). The molecule has 0 saturated carbocycles. The molecule has 5 nitrogen and oxygen atoms in total. The molecule has 4 rings (SSSR count). The zero-order chi connectivity index (χ0) is 19.4. The highest BCUT2D eigenvalue weighted by molar-refractivity contribution is 6.09. The van der Waals surface area contributed by atoms with Crippen LogP contribution in [-0.4, -0.2) is 36.3 Å². The van der Waals surface area contributed by atoms with Crippen LogP contribution in [0.5, 0.6) is 0 Å². The Morgan fingerprint density at radius 1 is 1.19 bits per heavy atom. The third-order valence-electron chi connectivity index (χ3n) is 5.19. The molecule has 1 aromatic carbocycles. The molecule has 1 aromatic rings. The van der Waals surface area contributed by atoms with Crippen LogP contribution in [0.4, 0.5) is 5.69 Å². The highest BCUT2D eigenvalue weighted by Gasteiger charge is 2.38. The van der Waals surface area contributed by atoms with E-state index < -0.39 is 5.41 Å². The summed E-state index contributed by atoms with van der Waals surface area (Å²) >= 11 is 0. The number of carbonyl (C=O) groups excluding carboxylic acids is 1. The lowest BCUT2D eigenvalue weighted by molar-refractivity contribution is -0.134. The first-order valence-corrected chi connectivity index (χ1v) is 9.58. The average molecular weight is 364 g/mol. The number of amides is 1. The number of anilines is 1. The van der Waals surface area contributed by atoms with Gasteiger partial charge in [-0.2, -0.15) is 0 Å². The van der Waals surface area contributed by atoms with E-state index in [0.29, 0.717) is 12.0 Å². The Balaban J connectivity index is 1.72. The number of aliphatic imine (C=N–C) groups is 1. The Hall–Kier alpha value is -2.56. The number of nitrogens with one attached hydrogen (secondary N) is 1. The van der Waals surface area contributed by atoms with Gasteiger partial charge in [0.1, 0.15) is 5.84 Å². The third-order valence-corrected chi connectivity index (χ3v) is 5.19. The second-order valence-electron chi connectivity index (χ2n) is 9.42. The maximum atomic E-state index is 13.3. The molecule has 1 N–H and O–H groups in total. The fourth-order valence-electron chi connectivity index (χ4n) is 3.84. The summed E-state index contributed by atoms with van der Waals surface area (Å²) in [6, 6.07) is 8.44. The SMILES string of the molecule is CC1(C)CN(c2cccc(C3=CN=C4NCC=C4N3C(=O)C(C)(C)C)c2)C1. The first-order valence-electron chi connectivity index (χ1n) is 9.58. The molecule has 0 spiro atoms. The molecule has 142 valence electrons. The summed E-state index contributed by atoms with van der Waals surface area (Å²) < 4.78 is 0. The van der Waals surface area contributed by atoms with E-state index in [1.165, 1.54) is 5.69 Å². The van der Waals surface area contributed by atoms with E-state index in [1.807, 2.05) is 37.9 Å². The van der Waals surface area contributed by atoms with Crippen LogP contribution in [0, 0.1) is 10.8 Å². The lowest BCUT2D eigenvalue weighted by atomic mass is 9.84. The van der Waals surface area contributed by atoms with Gasteiger partial charge >= 0.3 is 0 Å². The van der Waals surface area contributed by atoms with Crippen molar-refractivity contribution in [3.8, 4) is 0 Å². The minimum atomic E-state index is -0.482. The summed E-state index contributed by atoms with van der Waals surface area (Å²) in [4.78, 5) is 22.0. The summed E-state index contributed by atoms with van der Waals surface area (Å²) in [6.45, 7) is 13.3. The van der Waals surface area contributed by atoms with Gasteiger partial charge in [-0.25, -0.2) is 4.99 Å². The van der Waals surface area contributed by atoms with Crippen molar-refractivity contribution in [3.05, 3.63) is 47.8 Å². The van der Waals surface area contributed by atoms with Gasteiger partial charge in [-0.1, -0.05) is 46.8 Å². The van der Waals surface area contributed by atoms with E-state index in [0.717, 1.165) is 35.9 Å². The van der Waals surface area contributed by atoms with E-state index in [2.05, 4.69) is 53.3 Å². The summed E-state index contributed by atoms with van der Waals surface area (Å²) in [5.41, 5.74) is 3.81. The highest BCUT2D eigenvalue weighted by atomic mass is 16.2. The minimum Gasteiger partial charge on any atom is -0.370 e. The summed E-state index contributed by atoms with van der Waals surface area (Å²) in [6.07, 6.45) is 3.85. The molecule has 0 aromatic heterocycles. The van der Waals surface area contributed by atoms with Gasteiger partial charge in [0.05, 0.1) is 17.6 Å². The lowest BCUT2D eigenvalue weighted by Crippen LogP contribution is -2.53. The fraction of sp³-hybridized carbons (Fsp3) is 0.455. The largest absolute Gasteiger partial charge is 0.370 e. The Labute approximate surface area is 161 Å². The zero-order valence-electron chi connectivity index (χ0n) is 16.8. The van der Waals surface area contributed by atoms with Crippen molar-refractivity contribution in [1.29, 1.82) is 0 Å². The molecular weight excluding hydrogens is 336 g/mol. The minimum absolute atomic E-state index is 0.0755. The predicted molar refractivity (Wildman–Crippen MR) is 110 cm³/mol. The monoisotopic (exact) mass is 364 g/mol. The maximum Gasteiger partial charge on any atom is 0.237 e.